The topological polar surface area (TPSA) is 69.0 Å². The minimum atomic E-state index is -3.32. The number of nitrogens with zero attached hydrogens (tertiary/aromatic N) is 2. The average molecular weight is 188 g/mol. The Morgan fingerprint density at radius 1 is 1.67 bits per heavy atom. The lowest BCUT2D eigenvalue weighted by Gasteiger charge is -2.00. The highest BCUT2D eigenvalue weighted by molar-refractivity contribution is 7.89. The third-order valence-corrected chi connectivity index (χ3v) is 2.37. The largest absolute Gasteiger partial charge is 0.303 e. The first-order valence-electron chi connectivity index (χ1n) is 3.21. The molecule has 0 unspecified atom stereocenters. The lowest BCUT2D eigenvalue weighted by molar-refractivity contribution is -0.107. The van der Waals surface area contributed by atoms with Crippen molar-refractivity contribution in [3.8, 4) is 0 Å². The SMILES string of the molecule is CS(=O)(=O)n1cncc1CC=O. The van der Waals surface area contributed by atoms with Crippen LogP contribution in [0.25, 0.3) is 0 Å². The van der Waals surface area contributed by atoms with Gasteiger partial charge in [-0.05, 0) is 0 Å². The van der Waals surface area contributed by atoms with Gasteiger partial charge in [0.1, 0.15) is 12.6 Å². The molecule has 0 aliphatic carbocycles. The molecule has 0 fully saturated rings. The number of hydrogen-bond acceptors (Lipinski definition) is 4. The summed E-state index contributed by atoms with van der Waals surface area (Å²) in [6, 6.07) is 0. The molecule has 0 saturated carbocycles. The van der Waals surface area contributed by atoms with Gasteiger partial charge in [0.25, 0.3) is 0 Å². The fourth-order valence-electron chi connectivity index (χ4n) is 0.838. The second-order valence-electron chi connectivity index (χ2n) is 2.31. The molecule has 0 radical (unpaired) electrons. The van der Waals surface area contributed by atoms with E-state index in [-0.39, 0.29) is 6.42 Å². The van der Waals surface area contributed by atoms with E-state index in [1.54, 1.807) is 0 Å². The molecule has 0 N–H and O–H groups in total. The maximum Gasteiger partial charge on any atom is 0.237 e. The van der Waals surface area contributed by atoms with E-state index in [0.717, 1.165) is 10.2 Å². The standard InChI is InChI=1S/C6H8N2O3S/c1-12(10,11)8-5-7-4-6(8)2-3-9/h3-5H,2H2,1H3. The van der Waals surface area contributed by atoms with Gasteiger partial charge in [0.15, 0.2) is 0 Å². The van der Waals surface area contributed by atoms with E-state index < -0.39 is 10.0 Å². The minimum absolute atomic E-state index is 0.0626. The molecule has 1 heterocycles. The molecule has 0 spiro atoms. The molecule has 0 amide bonds. The van der Waals surface area contributed by atoms with Crippen LogP contribution in [-0.4, -0.2) is 29.9 Å². The quantitative estimate of drug-likeness (QED) is 0.596. The summed E-state index contributed by atoms with van der Waals surface area (Å²) >= 11 is 0. The molecule has 0 saturated heterocycles. The summed E-state index contributed by atoms with van der Waals surface area (Å²) in [5.41, 5.74) is 0.382. The first-order valence-corrected chi connectivity index (χ1v) is 5.06. The molecule has 0 aliphatic heterocycles. The van der Waals surface area contributed by atoms with Gasteiger partial charge in [-0.15, -0.1) is 0 Å². The molecular weight excluding hydrogens is 180 g/mol. The predicted octanol–water partition coefficient (Wildman–Crippen LogP) is -0.568. The monoisotopic (exact) mass is 188 g/mol. The molecule has 0 aliphatic rings. The average Bonchev–Trinajstić information content (AvgIpc) is 2.34. The van der Waals surface area contributed by atoms with Crippen LogP contribution >= 0.6 is 0 Å². The second-order valence-corrected chi connectivity index (χ2v) is 4.17. The van der Waals surface area contributed by atoms with Crippen LogP contribution in [0, 0.1) is 0 Å². The molecule has 12 heavy (non-hydrogen) atoms. The van der Waals surface area contributed by atoms with Crippen molar-refractivity contribution in [1.82, 2.24) is 8.96 Å². The molecule has 1 aromatic heterocycles. The van der Waals surface area contributed by atoms with Crippen LogP contribution in [0.15, 0.2) is 12.5 Å². The van der Waals surface area contributed by atoms with E-state index >= 15 is 0 Å². The smallest absolute Gasteiger partial charge is 0.237 e. The van der Waals surface area contributed by atoms with Crippen molar-refractivity contribution in [2.24, 2.45) is 0 Å². The van der Waals surface area contributed by atoms with Gasteiger partial charge in [-0.3, -0.25) is 0 Å². The van der Waals surface area contributed by atoms with Gasteiger partial charge in [0.05, 0.1) is 11.9 Å². The molecule has 6 heteroatoms. The van der Waals surface area contributed by atoms with Gasteiger partial charge in [-0.2, -0.15) is 0 Å². The van der Waals surface area contributed by atoms with Crippen LogP contribution < -0.4 is 0 Å². The zero-order chi connectivity index (χ0) is 9.19. The zero-order valence-electron chi connectivity index (χ0n) is 6.47. The van der Waals surface area contributed by atoms with Crippen molar-refractivity contribution >= 4 is 16.3 Å². The number of aromatic nitrogens is 2. The van der Waals surface area contributed by atoms with Crippen LogP contribution in [-0.2, 0) is 21.2 Å². The first kappa shape index (κ1) is 8.92. The van der Waals surface area contributed by atoms with E-state index in [1.165, 1.54) is 12.5 Å². The number of rotatable bonds is 3. The Labute approximate surface area is 70.1 Å². The molecule has 5 nitrogen and oxygen atoms in total. The Hall–Kier alpha value is -1.17. The lowest BCUT2D eigenvalue weighted by atomic mass is 10.4. The van der Waals surface area contributed by atoms with Crippen LogP contribution in [0.2, 0.25) is 0 Å². The highest BCUT2D eigenvalue weighted by atomic mass is 32.2. The van der Waals surface area contributed by atoms with Crippen LogP contribution in [0.3, 0.4) is 0 Å². The normalized spacial score (nSPS) is 11.4. The van der Waals surface area contributed by atoms with Crippen molar-refractivity contribution in [2.45, 2.75) is 6.42 Å². The van der Waals surface area contributed by atoms with Gasteiger partial charge in [0, 0.05) is 12.6 Å². The van der Waals surface area contributed by atoms with Crippen molar-refractivity contribution in [3.63, 3.8) is 0 Å². The summed E-state index contributed by atoms with van der Waals surface area (Å²) in [6.07, 6.45) is 4.29. The molecule has 0 atom stereocenters. The van der Waals surface area contributed by atoms with Gasteiger partial charge in [-0.25, -0.2) is 17.4 Å². The van der Waals surface area contributed by atoms with Crippen LogP contribution in [0.4, 0.5) is 0 Å². The fraction of sp³-hybridized carbons (Fsp3) is 0.333. The molecule has 66 valence electrons. The predicted molar refractivity (Wildman–Crippen MR) is 42.2 cm³/mol. The number of imidazole rings is 1. The third kappa shape index (κ3) is 1.70. The number of carbonyl (C=O) groups is 1. The van der Waals surface area contributed by atoms with E-state index in [4.69, 9.17) is 0 Å². The van der Waals surface area contributed by atoms with E-state index in [9.17, 15) is 13.2 Å². The summed E-state index contributed by atoms with van der Waals surface area (Å²) < 4.78 is 23.0. The Morgan fingerprint density at radius 2 is 2.33 bits per heavy atom. The summed E-state index contributed by atoms with van der Waals surface area (Å²) in [5.74, 6) is 0. The summed E-state index contributed by atoms with van der Waals surface area (Å²) in [4.78, 5) is 13.7. The van der Waals surface area contributed by atoms with Gasteiger partial charge in [-0.1, -0.05) is 0 Å². The Balaban J connectivity index is 3.16. The maximum absolute atomic E-state index is 11.0. The maximum atomic E-state index is 11.0. The molecular formula is C6H8N2O3S. The van der Waals surface area contributed by atoms with E-state index in [1.807, 2.05) is 0 Å². The Morgan fingerprint density at radius 3 is 2.83 bits per heavy atom. The lowest BCUT2D eigenvalue weighted by Crippen LogP contribution is -2.12. The molecule has 0 aromatic carbocycles. The van der Waals surface area contributed by atoms with Crippen molar-refractivity contribution in [1.29, 1.82) is 0 Å². The number of carbonyl (C=O) groups excluding carboxylic acids is 1. The molecule has 1 aromatic rings. The highest BCUT2D eigenvalue weighted by Crippen LogP contribution is 2.02. The summed E-state index contributed by atoms with van der Waals surface area (Å²) in [7, 11) is -3.32. The van der Waals surface area contributed by atoms with Crippen LogP contribution in [0.1, 0.15) is 5.69 Å². The number of hydrogen-bond donors (Lipinski definition) is 0. The van der Waals surface area contributed by atoms with Crippen molar-refractivity contribution < 1.29 is 13.2 Å². The summed E-state index contributed by atoms with van der Waals surface area (Å²) in [5, 5.41) is 0. The highest BCUT2D eigenvalue weighted by Gasteiger charge is 2.09. The molecule has 1 rings (SSSR count). The third-order valence-electron chi connectivity index (χ3n) is 1.33. The molecule has 0 bridgehead atoms. The van der Waals surface area contributed by atoms with E-state index in [2.05, 4.69) is 4.98 Å². The van der Waals surface area contributed by atoms with Crippen molar-refractivity contribution in [3.05, 3.63) is 18.2 Å². The van der Waals surface area contributed by atoms with Gasteiger partial charge >= 0.3 is 0 Å². The van der Waals surface area contributed by atoms with Crippen molar-refractivity contribution in [2.75, 3.05) is 6.26 Å². The van der Waals surface area contributed by atoms with E-state index in [0.29, 0.717) is 12.0 Å². The fourth-order valence-corrected chi connectivity index (χ4v) is 1.61. The number of aldehydes is 1. The van der Waals surface area contributed by atoms with Gasteiger partial charge in [0.2, 0.25) is 10.0 Å². The Kier molecular flexibility index (Phi) is 2.27. The second kappa shape index (κ2) is 3.06. The zero-order valence-corrected chi connectivity index (χ0v) is 7.28. The minimum Gasteiger partial charge on any atom is -0.303 e. The first-order chi connectivity index (χ1) is 5.55. The summed E-state index contributed by atoms with van der Waals surface area (Å²) in [6.45, 7) is 0. The van der Waals surface area contributed by atoms with Gasteiger partial charge < -0.3 is 4.79 Å². The van der Waals surface area contributed by atoms with Crippen LogP contribution in [0.5, 0.6) is 0 Å². The Bertz CT molecular complexity index is 379.